The molecule has 4 aliphatic carbocycles. The van der Waals surface area contributed by atoms with Crippen LogP contribution in [0.25, 0.3) is 0 Å². The zero-order chi connectivity index (χ0) is 22.6. The van der Waals surface area contributed by atoms with Gasteiger partial charge in [0.25, 0.3) is 0 Å². The van der Waals surface area contributed by atoms with Crippen LogP contribution in [0.5, 0.6) is 0 Å². The van der Waals surface area contributed by atoms with Crippen LogP contribution in [-0.2, 0) is 15.2 Å². The van der Waals surface area contributed by atoms with Crippen molar-refractivity contribution in [2.75, 3.05) is 0 Å². The van der Waals surface area contributed by atoms with E-state index in [0.717, 1.165) is 16.7 Å². The predicted molar refractivity (Wildman–Crippen MR) is 115 cm³/mol. The van der Waals surface area contributed by atoms with Crippen LogP contribution in [0.2, 0.25) is 0 Å². The quantitative estimate of drug-likeness (QED) is 0.636. The first kappa shape index (κ1) is 20.5. The number of furan rings is 1. The molecule has 0 spiro atoms. The molecule has 1 heterocycles. The Morgan fingerprint density at radius 3 is 2.45 bits per heavy atom. The van der Waals surface area contributed by atoms with Gasteiger partial charge in [0.05, 0.1) is 23.4 Å². The number of hydrogen-bond acceptors (Lipinski definition) is 5. The van der Waals surface area contributed by atoms with E-state index in [9.17, 15) is 19.8 Å². The van der Waals surface area contributed by atoms with Crippen molar-refractivity contribution in [3.63, 3.8) is 0 Å². The fourth-order valence-corrected chi connectivity index (χ4v) is 7.55. The summed E-state index contributed by atoms with van der Waals surface area (Å²) >= 11 is 0. The number of carbonyl (C=O) groups is 2. The van der Waals surface area contributed by atoms with Gasteiger partial charge in [-0.15, -0.1) is 0 Å². The van der Waals surface area contributed by atoms with Gasteiger partial charge >= 0.3 is 0 Å². The number of aliphatic hydroxyl groups excluding tert-OH is 1. The molecule has 0 bridgehead atoms. The van der Waals surface area contributed by atoms with Crippen LogP contribution < -0.4 is 0 Å². The smallest absolute Gasteiger partial charge is 0.206 e. The number of ketones is 2. The Morgan fingerprint density at radius 1 is 1.10 bits per heavy atom. The van der Waals surface area contributed by atoms with E-state index in [4.69, 9.17) is 4.42 Å². The van der Waals surface area contributed by atoms with E-state index in [-0.39, 0.29) is 23.2 Å². The molecule has 1 aromatic heterocycles. The summed E-state index contributed by atoms with van der Waals surface area (Å²) in [7, 11) is 0. The molecule has 5 rings (SSSR count). The monoisotopic (exact) mass is 422 g/mol. The van der Waals surface area contributed by atoms with Crippen LogP contribution in [0.15, 0.2) is 58.1 Å². The number of allylic oxidation sites excluding steroid dienone is 4. The Labute approximate surface area is 182 Å². The standard InChI is InChI=1S/C26H30O5/c1-22(2)19-12-20(28)25(5)17(23(19,3)13-16(27)21(22)29)6-9-24(4)18(25)7-10-26(24,30)15-8-11-31-14-15/h7-8,11-14,17,27,30H,6,9-10H2,1-5H3/t17-,23+,24-,25-,26-/m1/s1. The second-order valence-corrected chi connectivity index (χ2v) is 11.0. The van der Waals surface area contributed by atoms with Crippen molar-refractivity contribution in [3.8, 4) is 0 Å². The van der Waals surface area contributed by atoms with Gasteiger partial charge in [0.1, 0.15) is 5.60 Å². The van der Waals surface area contributed by atoms with E-state index < -0.39 is 27.3 Å². The molecule has 2 N–H and O–H groups in total. The van der Waals surface area contributed by atoms with Crippen LogP contribution in [0.4, 0.5) is 0 Å². The van der Waals surface area contributed by atoms with Crippen LogP contribution in [0.1, 0.15) is 59.4 Å². The van der Waals surface area contributed by atoms with Gasteiger partial charge < -0.3 is 14.6 Å². The van der Waals surface area contributed by atoms with Gasteiger partial charge in [-0.2, -0.15) is 0 Å². The molecule has 5 atom stereocenters. The molecule has 1 saturated carbocycles. The van der Waals surface area contributed by atoms with E-state index in [1.165, 1.54) is 0 Å². The van der Waals surface area contributed by atoms with Crippen LogP contribution in [0.3, 0.4) is 0 Å². The molecular formula is C26H30O5. The van der Waals surface area contributed by atoms with Crippen molar-refractivity contribution in [1.29, 1.82) is 0 Å². The van der Waals surface area contributed by atoms with E-state index in [2.05, 4.69) is 6.92 Å². The molecule has 0 amide bonds. The van der Waals surface area contributed by atoms with E-state index in [1.54, 1.807) is 44.6 Å². The third-order valence-electron chi connectivity index (χ3n) is 9.30. The lowest BCUT2D eigenvalue weighted by Gasteiger charge is -2.61. The molecule has 1 aromatic rings. The Bertz CT molecular complexity index is 1100. The first-order valence-electron chi connectivity index (χ1n) is 11.0. The highest BCUT2D eigenvalue weighted by molar-refractivity contribution is 6.06. The Morgan fingerprint density at radius 2 is 1.81 bits per heavy atom. The molecule has 0 aromatic carbocycles. The topological polar surface area (TPSA) is 87.7 Å². The molecule has 164 valence electrons. The molecule has 4 aliphatic rings. The van der Waals surface area contributed by atoms with Gasteiger partial charge in [0, 0.05) is 16.4 Å². The summed E-state index contributed by atoms with van der Waals surface area (Å²) in [5, 5.41) is 22.4. The Balaban J connectivity index is 1.70. The highest BCUT2D eigenvalue weighted by Crippen LogP contribution is 2.71. The van der Waals surface area contributed by atoms with Gasteiger partial charge in [0.2, 0.25) is 5.78 Å². The SMILES string of the molecule is CC1(C)C(=O)C(O)=C[C@]2(C)C1=CC(=O)[C@@]1(C)C3=CC[C@@](O)(c4ccoc4)[C@]3(C)CC[C@@H]12. The average Bonchev–Trinajstić information content (AvgIpc) is 3.31. The summed E-state index contributed by atoms with van der Waals surface area (Å²) in [4.78, 5) is 26.5. The fraction of sp³-hybridized carbons (Fsp3) is 0.538. The summed E-state index contributed by atoms with van der Waals surface area (Å²) in [6.45, 7) is 9.66. The van der Waals surface area contributed by atoms with Gasteiger partial charge in [-0.1, -0.05) is 25.5 Å². The van der Waals surface area contributed by atoms with Gasteiger partial charge in [0.15, 0.2) is 11.5 Å². The Kier molecular flexibility index (Phi) is 3.76. The molecule has 1 fully saturated rings. The second kappa shape index (κ2) is 5.69. The Hall–Kier alpha value is -2.40. The van der Waals surface area contributed by atoms with Crippen molar-refractivity contribution in [2.45, 2.75) is 59.5 Å². The summed E-state index contributed by atoms with van der Waals surface area (Å²) in [5.74, 6) is -0.699. The molecule has 5 nitrogen and oxygen atoms in total. The van der Waals surface area contributed by atoms with Gasteiger partial charge in [-0.05, 0) is 69.7 Å². The summed E-state index contributed by atoms with van der Waals surface area (Å²) in [6, 6.07) is 1.80. The maximum Gasteiger partial charge on any atom is 0.206 e. The number of hydrogen-bond donors (Lipinski definition) is 2. The number of aliphatic hydroxyl groups is 2. The van der Waals surface area contributed by atoms with Crippen molar-refractivity contribution >= 4 is 11.6 Å². The molecular weight excluding hydrogens is 392 g/mol. The zero-order valence-corrected chi connectivity index (χ0v) is 18.8. The fourth-order valence-electron chi connectivity index (χ4n) is 7.55. The first-order valence-corrected chi connectivity index (χ1v) is 11.0. The number of Topliss-reactive ketones (excluding diaryl/α,β-unsaturated/α-hetero) is 1. The lowest BCUT2D eigenvalue weighted by molar-refractivity contribution is -0.138. The summed E-state index contributed by atoms with van der Waals surface area (Å²) < 4.78 is 5.27. The highest BCUT2D eigenvalue weighted by atomic mass is 16.3. The van der Waals surface area contributed by atoms with E-state index in [0.29, 0.717) is 19.3 Å². The van der Waals surface area contributed by atoms with Crippen LogP contribution in [0, 0.1) is 27.6 Å². The number of carbonyl (C=O) groups excluding carboxylic acids is 2. The molecule has 0 aliphatic heterocycles. The lowest BCUT2D eigenvalue weighted by atomic mass is 9.41. The summed E-state index contributed by atoms with van der Waals surface area (Å²) in [5.41, 5.74) is -1.65. The summed E-state index contributed by atoms with van der Waals surface area (Å²) in [6.07, 6.45) is 10.3. The third-order valence-corrected chi connectivity index (χ3v) is 9.30. The maximum atomic E-state index is 13.8. The maximum absolute atomic E-state index is 13.8. The minimum atomic E-state index is -1.13. The average molecular weight is 423 g/mol. The highest BCUT2D eigenvalue weighted by Gasteiger charge is 2.68. The normalized spacial score (nSPS) is 43.4. The van der Waals surface area contributed by atoms with Crippen molar-refractivity contribution in [1.82, 2.24) is 0 Å². The van der Waals surface area contributed by atoms with Crippen LogP contribution >= 0.6 is 0 Å². The second-order valence-electron chi connectivity index (χ2n) is 11.0. The van der Waals surface area contributed by atoms with Gasteiger partial charge in [-0.3, -0.25) is 9.59 Å². The number of fused-ring (bicyclic) bond motifs is 5. The molecule has 5 heteroatoms. The molecule has 0 saturated heterocycles. The largest absolute Gasteiger partial charge is 0.505 e. The first-order chi connectivity index (χ1) is 14.3. The molecule has 0 radical (unpaired) electrons. The predicted octanol–water partition coefficient (Wildman–Crippen LogP) is 4.79. The molecule has 31 heavy (non-hydrogen) atoms. The zero-order valence-electron chi connectivity index (χ0n) is 18.8. The minimum absolute atomic E-state index is 0.0192. The van der Waals surface area contributed by atoms with E-state index >= 15 is 0 Å². The van der Waals surface area contributed by atoms with Crippen molar-refractivity contribution in [2.24, 2.45) is 27.6 Å². The van der Waals surface area contributed by atoms with Crippen molar-refractivity contribution in [3.05, 3.63) is 59.3 Å². The lowest BCUT2D eigenvalue weighted by Crippen LogP contribution is -2.59. The van der Waals surface area contributed by atoms with Gasteiger partial charge in [-0.25, -0.2) is 0 Å². The van der Waals surface area contributed by atoms with Crippen molar-refractivity contribution < 1.29 is 24.2 Å². The van der Waals surface area contributed by atoms with E-state index in [1.807, 2.05) is 19.9 Å². The molecule has 0 unspecified atom stereocenters. The number of rotatable bonds is 1. The minimum Gasteiger partial charge on any atom is -0.505 e. The third kappa shape index (κ3) is 2.11. The van der Waals surface area contributed by atoms with Crippen LogP contribution in [-0.4, -0.2) is 21.8 Å².